The molecule has 15 heavy (non-hydrogen) atoms. The quantitative estimate of drug-likeness (QED) is 0.676. The van der Waals surface area contributed by atoms with E-state index in [2.05, 4.69) is 6.58 Å². The second kappa shape index (κ2) is 4.79. The van der Waals surface area contributed by atoms with Gasteiger partial charge in [0.25, 0.3) is 0 Å². The zero-order chi connectivity index (χ0) is 11.4. The van der Waals surface area contributed by atoms with Gasteiger partial charge in [0.2, 0.25) is 0 Å². The van der Waals surface area contributed by atoms with E-state index in [1.807, 2.05) is 0 Å². The van der Waals surface area contributed by atoms with E-state index in [0.29, 0.717) is 6.54 Å². The zero-order valence-corrected chi connectivity index (χ0v) is 8.43. The fourth-order valence-corrected chi connectivity index (χ4v) is 1.18. The number of carboxylic acid groups (broad SMARTS) is 1. The molecule has 1 fully saturated rings. The summed E-state index contributed by atoms with van der Waals surface area (Å²) in [4.78, 5) is 23.3. The molecule has 1 atom stereocenters. The van der Waals surface area contributed by atoms with Gasteiger partial charge < -0.3 is 19.5 Å². The lowest BCUT2D eigenvalue weighted by atomic mass is 10.3. The maximum absolute atomic E-state index is 11.4. The number of carbonyl (C=O) groups excluding carboxylic acids is 1. The predicted molar refractivity (Wildman–Crippen MR) is 50.2 cm³/mol. The highest BCUT2D eigenvalue weighted by Crippen LogP contribution is 2.08. The lowest BCUT2D eigenvalue weighted by Gasteiger charge is -2.29. The molecule has 0 aromatic rings. The molecule has 0 spiro atoms. The number of allylic oxidation sites excluding steroid dienone is 1. The molecule has 0 radical (unpaired) electrons. The summed E-state index contributed by atoms with van der Waals surface area (Å²) in [6.07, 6.45) is -1.56. The smallest absolute Gasteiger partial charge is 0.415 e. The molecule has 1 rings (SSSR count). The van der Waals surface area contributed by atoms with Crippen molar-refractivity contribution in [1.82, 2.24) is 4.90 Å². The highest BCUT2D eigenvalue weighted by Gasteiger charge is 2.29. The van der Waals surface area contributed by atoms with Crippen LogP contribution in [0.1, 0.15) is 6.92 Å². The van der Waals surface area contributed by atoms with E-state index < -0.39 is 18.2 Å². The van der Waals surface area contributed by atoms with Crippen LogP contribution < -0.4 is 0 Å². The summed E-state index contributed by atoms with van der Waals surface area (Å²) in [5, 5.41) is 8.70. The van der Waals surface area contributed by atoms with E-state index in [0.717, 1.165) is 0 Å². The Kier molecular flexibility index (Phi) is 3.68. The summed E-state index contributed by atoms with van der Waals surface area (Å²) in [6, 6.07) is 0. The number of hydrogen-bond donors (Lipinski definition) is 1. The van der Waals surface area contributed by atoms with Crippen LogP contribution in [0.5, 0.6) is 0 Å². The fraction of sp³-hybridized carbons (Fsp3) is 0.556. The number of hydrogen-bond acceptors (Lipinski definition) is 4. The maximum atomic E-state index is 11.4. The lowest BCUT2D eigenvalue weighted by Crippen LogP contribution is -2.48. The van der Waals surface area contributed by atoms with Crippen LogP contribution in [0.25, 0.3) is 0 Å². The largest absolute Gasteiger partial charge is 0.479 e. The molecule has 1 saturated heterocycles. The normalized spacial score (nSPS) is 20.9. The Hall–Kier alpha value is -1.56. The molecule has 0 bridgehead atoms. The summed E-state index contributed by atoms with van der Waals surface area (Å²) in [7, 11) is 0. The van der Waals surface area contributed by atoms with Gasteiger partial charge in [-0.2, -0.15) is 0 Å². The van der Waals surface area contributed by atoms with Gasteiger partial charge in [0.1, 0.15) is 0 Å². The minimum absolute atomic E-state index is 0.00144. The summed E-state index contributed by atoms with van der Waals surface area (Å²) in [6.45, 7) is 5.50. The van der Waals surface area contributed by atoms with Crippen molar-refractivity contribution in [3.8, 4) is 0 Å². The van der Waals surface area contributed by atoms with Crippen molar-refractivity contribution >= 4 is 12.1 Å². The van der Waals surface area contributed by atoms with Gasteiger partial charge in [-0.05, 0) is 6.92 Å². The van der Waals surface area contributed by atoms with Gasteiger partial charge in [-0.15, -0.1) is 0 Å². The number of morpholine rings is 1. The van der Waals surface area contributed by atoms with Gasteiger partial charge in [-0.3, -0.25) is 0 Å². The third-order valence-electron chi connectivity index (χ3n) is 1.86. The first-order valence-electron chi connectivity index (χ1n) is 4.47. The molecular weight excluding hydrogens is 202 g/mol. The number of rotatable bonds is 2. The molecule has 0 aliphatic carbocycles. The van der Waals surface area contributed by atoms with Crippen molar-refractivity contribution in [2.45, 2.75) is 13.0 Å². The Morgan fingerprint density at radius 1 is 1.60 bits per heavy atom. The van der Waals surface area contributed by atoms with E-state index in [1.54, 1.807) is 6.92 Å². The molecule has 1 unspecified atom stereocenters. The Labute approximate surface area is 87.1 Å². The first-order chi connectivity index (χ1) is 7.00. The maximum Gasteiger partial charge on any atom is 0.415 e. The average Bonchev–Trinajstić information content (AvgIpc) is 2.17. The molecule has 1 aliphatic rings. The van der Waals surface area contributed by atoms with Gasteiger partial charge in [0.15, 0.2) is 6.10 Å². The summed E-state index contributed by atoms with van der Waals surface area (Å²) in [5.74, 6) is -0.804. The van der Waals surface area contributed by atoms with Crippen molar-refractivity contribution in [2.24, 2.45) is 0 Å². The first-order valence-corrected chi connectivity index (χ1v) is 4.47. The number of carbonyl (C=O) groups is 2. The van der Waals surface area contributed by atoms with Gasteiger partial charge in [0, 0.05) is 6.54 Å². The van der Waals surface area contributed by atoms with Crippen LogP contribution >= 0.6 is 0 Å². The molecule has 1 amide bonds. The molecule has 1 aliphatic heterocycles. The molecule has 1 N–H and O–H groups in total. The lowest BCUT2D eigenvalue weighted by molar-refractivity contribution is -0.154. The van der Waals surface area contributed by atoms with Crippen LogP contribution in [0.3, 0.4) is 0 Å². The number of aliphatic carboxylic acids is 1. The van der Waals surface area contributed by atoms with Crippen molar-refractivity contribution in [3.63, 3.8) is 0 Å². The average molecular weight is 215 g/mol. The highest BCUT2D eigenvalue weighted by molar-refractivity contribution is 5.75. The molecule has 0 aromatic heterocycles. The molecule has 0 saturated carbocycles. The monoisotopic (exact) mass is 215 g/mol. The number of carboxylic acids is 1. The Bertz CT molecular complexity index is 288. The van der Waals surface area contributed by atoms with E-state index in [-0.39, 0.29) is 18.9 Å². The predicted octanol–water partition coefficient (Wildman–Crippen LogP) is 0.442. The van der Waals surface area contributed by atoms with E-state index in [9.17, 15) is 9.59 Å². The van der Waals surface area contributed by atoms with Crippen molar-refractivity contribution in [1.29, 1.82) is 0 Å². The van der Waals surface area contributed by atoms with Crippen molar-refractivity contribution in [2.75, 3.05) is 19.7 Å². The van der Waals surface area contributed by atoms with E-state index in [4.69, 9.17) is 14.6 Å². The van der Waals surface area contributed by atoms with Crippen LogP contribution in [-0.4, -0.2) is 47.9 Å². The molecule has 1 heterocycles. The van der Waals surface area contributed by atoms with Gasteiger partial charge in [-0.1, -0.05) is 6.58 Å². The zero-order valence-electron chi connectivity index (χ0n) is 8.43. The van der Waals surface area contributed by atoms with Gasteiger partial charge in [-0.25, -0.2) is 9.59 Å². The second-order valence-electron chi connectivity index (χ2n) is 3.21. The number of amides is 1. The number of nitrogens with zero attached hydrogens (tertiary/aromatic N) is 1. The SMILES string of the molecule is C=C(C)OC(=O)N1CCOC(C(=O)O)C1. The minimum atomic E-state index is -1.08. The first kappa shape index (κ1) is 11.5. The van der Waals surface area contributed by atoms with Gasteiger partial charge in [0.05, 0.1) is 18.9 Å². The van der Waals surface area contributed by atoms with E-state index in [1.165, 1.54) is 4.90 Å². The molecular formula is C9H13NO5. The Morgan fingerprint density at radius 2 is 2.27 bits per heavy atom. The van der Waals surface area contributed by atoms with Crippen LogP contribution in [0, 0.1) is 0 Å². The van der Waals surface area contributed by atoms with Crippen molar-refractivity contribution in [3.05, 3.63) is 12.3 Å². The molecule has 6 nitrogen and oxygen atoms in total. The minimum Gasteiger partial charge on any atom is -0.479 e. The van der Waals surface area contributed by atoms with Crippen LogP contribution in [0.15, 0.2) is 12.3 Å². The molecule has 84 valence electrons. The summed E-state index contributed by atoms with van der Waals surface area (Å²) in [5.41, 5.74) is 0. The van der Waals surface area contributed by atoms with Crippen molar-refractivity contribution < 1.29 is 24.2 Å². The fourth-order valence-electron chi connectivity index (χ4n) is 1.18. The second-order valence-corrected chi connectivity index (χ2v) is 3.21. The third kappa shape index (κ3) is 3.25. The summed E-state index contributed by atoms with van der Waals surface area (Å²) >= 11 is 0. The molecule has 0 aromatic carbocycles. The van der Waals surface area contributed by atoms with Crippen LogP contribution in [0.4, 0.5) is 4.79 Å². The topological polar surface area (TPSA) is 76.1 Å². The van der Waals surface area contributed by atoms with Crippen LogP contribution in [-0.2, 0) is 14.3 Å². The van der Waals surface area contributed by atoms with Gasteiger partial charge >= 0.3 is 12.1 Å². The Balaban J connectivity index is 2.52. The Morgan fingerprint density at radius 3 is 2.80 bits per heavy atom. The number of ether oxygens (including phenoxy) is 2. The standard InChI is InChI=1S/C9H13NO5/c1-6(2)15-9(13)10-3-4-14-7(5-10)8(11)12/h7H,1,3-5H2,2H3,(H,11,12). The van der Waals surface area contributed by atoms with Crippen LogP contribution in [0.2, 0.25) is 0 Å². The highest BCUT2D eigenvalue weighted by atomic mass is 16.6. The third-order valence-corrected chi connectivity index (χ3v) is 1.86. The van der Waals surface area contributed by atoms with E-state index >= 15 is 0 Å². The summed E-state index contributed by atoms with van der Waals surface area (Å²) < 4.78 is 9.72. The molecule has 6 heteroatoms.